The largest absolute Gasteiger partial charge is 0.409 e. The average Bonchev–Trinajstić information content (AvgIpc) is 2.98. The monoisotopic (exact) mass is 263 g/mol. The molecule has 2 aromatic rings. The van der Waals surface area contributed by atoms with E-state index >= 15 is 0 Å². The van der Waals surface area contributed by atoms with Crippen LogP contribution in [0.2, 0.25) is 0 Å². The van der Waals surface area contributed by atoms with Crippen LogP contribution in [0.1, 0.15) is 25.5 Å². The van der Waals surface area contributed by atoms with Crippen molar-refractivity contribution in [1.29, 1.82) is 0 Å². The first-order valence-electron chi connectivity index (χ1n) is 5.97. The first-order valence-corrected chi connectivity index (χ1v) is 5.97. The summed E-state index contributed by atoms with van der Waals surface area (Å²) < 4.78 is 3.61. The fourth-order valence-electron chi connectivity index (χ4n) is 1.78. The van der Waals surface area contributed by atoms with E-state index in [2.05, 4.69) is 34.1 Å². The third kappa shape index (κ3) is 2.90. The molecule has 0 aliphatic rings. The number of imidazole rings is 1. The molecule has 3 N–H and O–H groups in total. The predicted molar refractivity (Wildman–Crippen MR) is 68.7 cm³/mol. The molecule has 0 aliphatic heterocycles. The van der Waals surface area contributed by atoms with Crippen LogP contribution < -0.4 is 5.73 Å². The molecule has 0 radical (unpaired) electrons. The lowest BCUT2D eigenvalue weighted by Gasteiger charge is -2.10. The van der Waals surface area contributed by atoms with E-state index in [0.717, 1.165) is 12.4 Å². The molecule has 19 heavy (non-hydrogen) atoms. The van der Waals surface area contributed by atoms with Gasteiger partial charge in [-0.2, -0.15) is 5.10 Å². The Bertz CT molecular complexity index is 569. The summed E-state index contributed by atoms with van der Waals surface area (Å²) in [5, 5.41) is 15.9. The standard InChI is InChI=1S/C11H17N7O/c1-8(2)5-18-9(14-7-15-18)6-17-4-3-13-11(17)10(12)16-19/h3-4,7-8,19H,5-6H2,1-2H3,(H2,12,16). The van der Waals surface area contributed by atoms with E-state index in [0.29, 0.717) is 18.3 Å². The summed E-state index contributed by atoms with van der Waals surface area (Å²) in [5.74, 6) is 1.66. The lowest BCUT2D eigenvalue weighted by Crippen LogP contribution is -2.21. The molecule has 8 nitrogen and oxygen atoms in total. The van der Waals surface area contributed by atoms with Gasteiger partial charge in [-0.15, -0.1) is 0 Å². The first kappa shape index (κ1) is 13.1. The van der Waals surface area contributed by atoms with Crippen LogP contribution in [0.5, 0.6) is 0 Å². The summed E-state index contributed by atoms with van der Waals surface area (Å²) in [4.78, 5) is 8.28. The second-order valence-corrected chi connectivity index (χ2v) is 4.62. The van der Waals surface area contributed by atoms with E-state index in [1.54, 1.807) is 17.0 Å². The lowest BCUT2D eigenvalue weighted by molar-refractivity contribution is 0.318. The summed E-state index contributed by atoms with van der Waals surface area (Å²) in [7, 11) is 0. The second-order valence-electron chi connectivity index (χ2n) is 4.62. The third-order valence-electron chi connectivity index (χ3n) is 2.60. The second kappa shape index (κ2) is 5.51. The van der Waals surface area contributed by atoms with E-state index in [1.165, 1.54) is 6.33 Å². The van der Waals surface area contributed by atoms with E-state index in [4.69, 9.17) is 10.9 Å². The molecule has 0 aromatic carbocycles. The van der Waals surface area contributed by atoms with Crippen molar-refractivity contribution in [2.45, 2.75) is 26.9 Å². The van der Waals surface area contributed by atoms with Gasteiger partial charge in [-0.25, -0.2) is 14.6 Å². The van der Waals surface area contributed by atoms with Crippen LogP contribution in [-0.2, 0) is 13.1 Å². The Morgan fingerprint density at radius 1 is 1.47 bits per heavy atom. The molecule has 0 bridgehead atoms. The fraction of sp³-hybridized carbons (Fsp3) is 0.455. The SMILES string of the molecule is CC(C)Cn1ncnc1Cn1ccnc1C(N)=NO. The number of nitrogens with two attached hydrogens (primary N) is 1. The molecule has 0 aliphatic carbocycles. The molecule has 0 spiro atoms. The highest BCUT2D eigenvalue weighted by Crippen LogP contribution is 2.05. The van der Waals surface area contributed by atoms with E-state index in [1.807, 2.05) is 4.68 Å². The molecule has 2 heterocycles. The maximum Gasteiger partial charge on any atom is 0.206 e. The topological polar surface area (TPSA) is 107 Å². The molecular formula is C11H17N7O. The molecule has 0 atom stereocenters. The van der Waals surface area contributed by atoms with Crippen molar-refractivity contribution in [3.05, 3.63) is 30.4 Å². The number of amidine groups is 1. The zero-order valence-corrected chi connectivity index (χ0v) is 10.9. The Labute approximate surface area is 110 Å². The number of hydrogen-bond acceptors (Lipinski definition) is 5. The minimum Gasteiger partial charge on any atom is -0.409 e. The zero-order valence-electron chi connectivity index (χ0n) is 10.9. The van der Waals surface area contributed by atoms with Gasteiger partial charge in [-0.1, -0.05) is 19.0 Å². The van der Waals surface area contributed by atoms with Gasteiger partial charge in [0.05, 0.1) is 6.54 Å². The van der Waals surface area contributed by atoms with Gasteiger partial charge in [-0.3, -0.25) is 0 Å². The summed E-state index contributed by atoms with van der Waals surface area (Å²) in [5.41, 5.74) is 5.56. The number of hydrogen-bond donors (Lipinski definition) is 2. The van der Waals surface area contributed by atoms with E-state index in [-0.39, 0.29) is 5.84 Å². The molecular weight excluding hydrogens is 246 g/mol. The van der Waals surface area contributed by atoms with Gasteiger partial charge in [0.2, 0.25) is 5.84 Å². The number of rotatable bonds is 5. The normalized spacial score (nSPS) is 12.3. The highest BCUT2D eigenvalue weighted by atomic mass is 16.4. The predicted octanol–water partition coefficient (Wildman–Crippen LogP) is 0.273. The van der Waals surface area contributed by atoms with Crippen LogP contribution in [0.4, 0.5) is 0 Å². The van der Waals surface area contributed by atoms with E-state index in [9.17, 15) is 0 Å². The van der Waals surface area contributed by atoms with Crippen molar-refractivity contribution < 1.29 is 5.21 Å². The van der Waals surface area contributed by atoms with Crippen molar-refractivity contribution in [1.82, 2.24) is 24.3 Å². The maximum atomic E-state index is 8.71. The molecule has 8 heteroatoms. The average molecular weight is 263 g/mol. The Morgan fingerprint density at radius 2 is 2.26 bits per heavy atom. The molecule has 102 valence electrons. The van der Waals surface area contributed by atoms with E-state index < -0.39 is 0 Å². The highest BCUT2D eigenvalue weighted by Gasteiger charge is 2.12. The van der Waals surface area contributed by atoms with Crippen LogP contribution in [0.25, 0.3) is 0 Å². The van der Waals surface area contributed by atoms with Gasteiger partial charge in [0, 0.05) is 18.9 Å². The van der Waals surface area contributed by atoms with Gasteiger partial charge in [0.25, 0.3) is 0 Å². The third-order valence-corrected chi connectivity index (χ3v) is 2.60. The molecule has 0 saturated heterocycles. The molecule has 2 aromatic heterocycles. The van der Waals surface area contributed by atoms with Crippen molar-refractivity contribution in [2.24, 2.45) is 16.8 Å². The fourth-order valence-corrected chi connectivity index (χ4v) is 1.78. The molecule has 0 amide bonds. The van der Waals surface area contributed by atoms with Crippen LogP contribution in [0.3, 0.4) is 0 Å². The number of oxime groups is 1. The Hall–Kier alpha value is -2.38. The van der Waals surface area contributed by atoms with Crippen LogP contribution >= 0.6 is 0 Å². The van der Waals surface area contributed by atoms with Gasteiger partial charge >= 0.3 is 0 Å². The summed E-state index contributed by atoms with van der Waals surface area (Å²) in [6.07, 6.45) is 4.87. The Kier molecular flexibility index (Phi) is 3.79. The lowest BCUT2D eigenvalue weighted by atomic mass is 10.2. The maximum absolute atomic E-state index is 8.71. The Morgan fingerprint density at radius 3 is 2.95 bits per heavy atom. The highest BCUT2D eigenvalue weighted by molar-refractivity contribution is 5.93. The van der Waals surface area contributed by atoms with Crippen LogP contribution in [0, 0.1) is 5.92 Å². The zero-order chi connectivity index (χ0) is 13.8. The van der Waals surface area contributed by atoms with Crippen LogP contribution in [0.15, 0.2) is 23.9 Å². The quantitative estimate of drug-likeness (QED) is 0.348. The van der Waals surface area contributed by atoms with Crippen molar-refractivity contribution >= 4 is 5.84 Å². The van der Waals surface area contributed by atoms with Crippen molar-refractivity contribution in [3.8, 4) is 0 Å². The number of aromatic nitrogens is 5. The molecule has 0 unspecified atom stereocenters. The van der Waals surface area contributed by atoms with Crippen LogP contribution in [-0.4, -0.2) is 35.4 Å². The summed E-state index contributed by atoms with van der Waals surface area (Å²) >= 11 is 0. The van der Waals surface area contributed by atoms with Crippen molar-refractivity contribution in [3.63, 3.8) is 0 Å². The van der Waals surface area contributed by atoms with Gasteiger partial charge < -0.3 is 15.5 Å². The van der Waals surface area contributed by atoms with Gasteiger partial charge in [0.1, 0.15) is 12.2 Å². The molecule has 0 fully saturated rings. The Balaban J connectivity index is 2.22. The van der Waals surface area contributed by atoms with Crippen molar-refractivity contribution in [2.75, 3.05) is 0 Å². The van der Waals surface area contributed by atoms with Gasteiger partial charge in [-0.05, 0) is 5.92 Å². The summed E-state index contributed by atoms with van der Waals surface area (Å²) in [6, 6.07) is 0. The van der Waals surface area contributed by atoms with Gasteiger partial charge in [0.15, 0.2) is 5.82 Å². The minimum atomic E-state index is -0.0278. The first-order chi connectivity index (χ1) is 9.11. The molecule has 0 saturated carbocycles. The smallest absolute Gasteiger partial charge is 0.206 e. The minimum absolute atomic E-state index is 0.0278. The molecule has 2 rings (SSSR count). The summed E-state index contributed by atoms with van der Waals surface area (Å²) in [6.45, 7) is 5.50. The number of nitrogens with zero attached hydrogens (tertiary/aromatic N) is 6.